The van der Waals surface area contributed by atoms with E-state index in [-0.39, 0.29) is 28.6 Å². The molecule has 32 heavy (non-hydrogen) atoms. The van der Waals surface area contributed by atoms with Gasteiger partial charge in [0.05, 0.1) is 15.6 Å². The van der Waals surface area contributed by atoms with Gasteiger partial charge in [-0.2, -0.15) is 0 Å². The average molecular weight is 485 g/mol. The van der Waals surface area contributed by atoms with Crippen molar-refractivity contribution < 1.29 is 27.5 Å². The van der Waals surface area contributed by atoms with Gasteiger partial charge in [-0.15, -0.1) is 36.3 Å². The van der Waals surface area contributed by atoms with Crippen LogP contribution in [0.5, 0.6) is 5.75 Å². The van der Waals surface area contributed by atoms with Crippen LogP contribution in [0.1, 0.15) is 40.3 Å². The van der Waals surface area contributed by atoms with E-state index in [4.69, 9.17) is 0 Å². The third-order valence-electron chi connectivity index (χ3n) is 5.40. The second kappa shape index (κ2) is 8.72. The van der Waals surface area contributed by atoms with Gasteiger partial charge >= 0.3 is 6.36 Å². The van der Waals surface area contributed by atoms with Crippen molar-refractivity contribution in [3.05, 3.63) is 40.8 Å². The van der Waals surface area contributed by atoms with Crippen molar-refractivity contribution in [2.24, 2.45) is 0 Å². The summed E-state index contributed by atoms with van der Waals surface area (Å²) < 4.78 is 41.6. The Kier molecular flexibility index (Phi) is 6.30. The molecule has 0 amide bonds. The Morgan fingerprint density at radius 1 is 1.12 bits per heavy atom. The molecule has 2 aromatic rings. The van der Waals surface area contributed by atoms with Gasteiger partial charge in [-0.3, -0.25) is 14.5 Å². The summed E-state index contributed by atoms with van der Waals surface area (Å²) in [6, 6.07) is 7.56. The second-order valence-electron chi connectivity index (χ2n) is 8.50. The molecule has 4 rings (SSSR count). The normalized spacial score (nSPS) is 19.0. The largest absolute Gasteiger partial charge is 0.573 e. The van der Waals surface area contributed by atoms with Crippen molar-refractivity contribution in [1.82, 2.24) is 4.90 Å². The molecule has 0 saturated carbocycles. The first-order valence-electron chi connectivity index (χ1n) is 10.2. The fourth-order valence-electron chi connectivity index (χ4n) is 3.85. The molecule has 5 nitrogen and oxygen atoms in total. The standard InChI is InChI=1S/C22H23F3N2O3S2/c1-21(2)12-17(28)16-11-19(31-20(16)32-21)18(29)13-26-7-9-27(10-8-26)14-3-5-15(6-4-14)30-22(23,24)25/h3-6,11H,7-10,12-13H2,1-2H3. The highest BCUT2D eigenvalue weighted by molar-refractivity contribution is 8.02. The van der Waals surface area contributed by atoms with Crippen LogP contribution in [0, 0.1) is 0 Å². The third-order valence-corrected chi connectivity index (χ3v) is 7.98. The van der Waals surface area contributed by atoms with Gasteiger partial charge in [0.25, 0.3) is 0 Å². The lowest BCUT2D eigenvalue weighted by atomic mass is 10.0. The first kappa shape index (κ1) is 23.1. The Balaban J connectivity index is 1.32. The molecule has 1 aromatic heterocycles. The molecule has 0 bridgehead atoms. The molecular formula is C22H23F3N2O3S2. The average Bonchev–Trinajstić information content (AvgIpc) is 3.11. The molecule has 0 N–H and O–H groups in total. The molecule has 3 heterocycles. The SMILES string of the molecule is CC1(C)CC(=O)c2cc(C(=O)CN3CCN(c4ccc(OC(F)(F)F)cc4)CC3)sc2S1. The lowest BCUT2D eigenvalue weighted by molar-refractivity contribution is -0.274. The molecule has 0 spiro atoms. The lowest BCUT2D eigenvalue weighted by Crippen LogP contribution is -2.47. The van der Waals surface area contributed by atoms with Crippen LogP contribution in [0.25, 0.3) is 0 Å². The summed E-state index contributed by atoms with van der Waals surface area (Å²) in [5, 5.41) is 0. The molecule has 10 heteroatoms. The summed E-state index contributed by atoms with van der Waals surface area (Å²) in [7, 11) is 0. The molecule has 0 radical (unpaired) electrons. The Labute approximate surface area is 192 Å². The van der Waals surface area contributed by atoms with Crippen molar-refractivity contribution in [3.63, 3.8) is 0 Å². The summed E-state index contributed by atoms with van der Waals surface area (Å²) in [5.41, 5.74) is 1.49. The topological polar surface area (TPSA) is 49.9 Å². The predicted molar refractivity (Wildman–Crippen MR) is 119 cm³/mol. The number of alkyl halides is 3. The minimum Gasteiger partial charge on any atom is -0.406 e. The maximum atomic E-state index is 12.8. The van der Waals surface area contributed by atoms with Gasteiger partial charge in [-0.25, -0.2) is 0 Å². The summed E-state index contributed by atoms with van der Waals surface area (Å²) in [6.45, 7) is 7.02. The number of hydrogen-bond acceptors (Lipinski definition) is 7. The van der Waals surface area contributed by atoms with Gasteiger partial charge in [0.2, 0.25) is 0 Å². The van der Waals surface area contributed by atoms with Gasteiger partial charge in [0, 0.05) is 48.6 Å². The van der Waals surface area contributed by atoms with Gasteiger partial charge < -0.3 is 9.64 Å². The van der Waals surface area contributed by atoms with Gasteiger partial charge in [-0.1, -0.05) is 0 Å². The highest BCUT2D eigenvalue weighted by Gasteiger charge is 2.34. The fourth-order valence-corrected chi connectivity index (χ4v) is 6.79. The number of anilines is 1. The number of Topliss-reactive ketones (excluding diaryl/α,β-unsaturated/α-hetero) is 2. The van der Waals surface area contributed by atoms with E-state index in [1.165, 1.54) is 23.5 Å². The molecule has 0 unspecified atom stereocenters. The smallest absolute Gasteiger partial charge is 0.406 e. The molecule has 2 aliphatic rings. The van der Waals surface area contributed by atoms with Crippen LogP contribution < -0.4 is 9.64 Å². The van der Waals surface area contributed by atoms with Crippen molar-refractivity contribution in [2.75, 3.05) is 37.6 Å². The van der Waals surface area contributed by atoms with Crippen LogP contribution in [0.3, 0.4) is 0 Å². The molecular weight excluding hydrogens is 461 g/mol. The molecule has 1 saturated heterocycles. The van der Waals surface area contributed by atoms with Crippen molar-refractivity contribution >= 4 is 40.4 Å². The number of thioether (sulfide) groups is 1. The summed E-state index contributed by atoms with van der Waals surface area (Å²) in [6.07, 6.45) is -4.23. The minimum atomic E-state index is -4.70. The molecule has 1 aromatic carbocycles. The number of rotatable bonds is 5. The number of hydrogen-bond donors (Lipinski definition) is 0. The Morgan fingerprint density at radius 3 is 2.41 bits per heavy atom. The molecule has 172 valence electrons. The number of carbonyl (C=O) groups is 2. The van der Waals surface area contributed by atoms with E-state index in [9.17, 15) is 22.8 Å². The number of thiophene rings is 1. The second-order valence-corrected chi connectivity index (χ2v) is 11.5. The summed E-state index contributed by atoms with van der Waals surface area (Å²) in [5.74, 6) is -0.138. The van der Waals surface area contributed by atoms with Crippen molar-refractivity contribution in [1.29, 1.82) is 0 Å². The quantitative estimate of drug-likeness (QED) is 0.550. The monoisotopic (exact) mass is 484 g/mol. The number of halogens is 3. The number of ketones is 2. The van der Waals surface area contributed by atoms with Gasteiger partial charge in [0.15, 0.2) is 11.6 Å². The zero-order chi connectivity index (χ0) is 23.1. The van der Waals surface area contributed by atoms with Crippen LogP contribution in [0.2, 0.25) is 0 Å². The van der Waals surface area contributed by atoms with Crippen LogP contribution in [-0.4, -0.2) is 60.3 Å². The molecule has 0 aliphatic carbocycles. The molecule has 2 aliphatic heterocycles. The Bertz CT molecular complexity index is 1010. The van der Waals surface area contributed by atoms with E-state index in [1.54, 1.807) is 30.0 Å². The molecule has 1 fully saturated rings. The number of ether oxygens (including phenoxy) is 1. The van der Waals surface area contributed by atoms with E-state index in [0.717, 1.165) is 9.90 Å². The Morgan fingerprint density at radius 2 is 1.78 bits per heavy atom. The first-order chi connectivity index (χ1) is 15.0. The number of fused-ring (bicyclic) bond motifs is 1. The number of carbonyl (C=O) groups excluding carboxylic acids is 2. The van der Waals surface area contributed by atoms with Gasteiger partial charge in [-0.05, 0) is 44.2 Å². The van der Waals surface area contributed by atoms with E-state index in [1.807, 2.05) is 13.8 Å². The lowest BCUT2D eigenvalue weighted by Gasteiger charge is -2.35. The number of benzene rings is 1. The van der Waals surface area contributed by atoms with Gasteiger partial charge in [0.1, 0.15) is 5.75 Å². The van der Waals surface area contributed by atoms with Crippen LogP contribution in [0.4, 0.5) is 18.9 Å². The zero-order valence-electron chi connectivity index (χ0n) is 17.7. The minimum absolute atomic E-state index is 0.0118. The molecule has 0 atom stereocenters. The van der Waals surface area contributed by atoms with Crippen molar-refractivity contribution in [3.8, 4) is 5.75 Å². The van der Waals surface area contributed by atoms with Crippen LogP contribution in [0.15, 0.2) is 34.5 Å². The summed E-state index contributed by atoms with van der Waals surface area (Å²) >= 11 is 3.06. The zero-order valence-corrected chi connectivity index (χ0v) is 19.3. The maximum absolute atomic E-state index is 12.8. The number of nitrogens with zero attached hydrogens (tertiary/aromatic N) is 2. The highest BCUT2D eigenvalue weighted by atomic mass is 32.2. The van der Waals surface area contributed by atoms with E-state index < -0.39 is 6.36 Å². The summed E-state index contributed by atoms with van der Waals surface area (Å²) in [4.78, 5) is 30.0. The van der Waals surface area contributed by atoms with Crippen molar-refractivity contribution in [2.45, 2.75) is 35.6 Å². The highest BCUT2D eigenvalue weighted by Crippen LogP contribution is 2.46. The first-order valence-corrected chi connectivity index (χ1v) is 11.8. The Hall–Kier alpha value is -2.04. The third kappa shape index (κ3) is 5.47. The van der Waals surface area contributed by atoms with Crippen LogP contribution >= 0.6 is 23.1 Å². The maximum Gasteiger partial charge on any atom is 0.573 e. The van der Waals surface area contributed by atoms with E-state index >= 15 is 0 Å². The number of piperazine rings is 1. The van der Waals surface area contributed by atoms with E-state index in [0.29, 0.717) is 43.0 Å². The van der Waals surface area contributed by atoms with E-state index in [2.05, 4.69) is 14.5 Å². The predicted octanol–water partition coefficient (Wildman–Crippen LogP) is 5.11. The fraction of sp³-hybridized carbons (Fsp3) is 0.455. The van der Waals surface area contributed by atoms with Crippen LogP contribution in [-0.2, 0) is 0 Å².